The molecule has 0 unspecified atom stereocenters. The molecule has 1 spiro atoms. The molecule has 4 atom stereocenters. The maximum Gasteiger partial charge on any atom is 0.279 e. The first-order chi connectivity index (χ1) is 29.0. The summed E-state index contributed by atoms with van der Waals surface area (Å²) in [6.07, 6.45) is 1.07. The van der Waals surface area contributed by atoms with Crippen molar-refractivity contribution in [1.82, 2.24) is 14.7 Å². The second-order valence-corrected chi connectivity index (χ2v) is 21.0. The molecule has 2 aliphatic rings. The Morgan fingerprint density at radius 3 is 2.30 bits per heavy atom. The zero-order valence-corrected chi connectivity index (χ0v) is 35.6. The maximum absolute atomic E-state index is 15.5. The fourth-order valence-electron chi connectivity index (χ4n) is 9.54. The summed E-state index contributed by atoms with van der Waals surface area (Å²) in [4.78, 5) is 47.0. The molecule has 3 heterocycles. The van der Waals surface area contributed by atoms with Gasteiger partial charge in [0.15, 0.2) is 5.60 Å². The van der Waals surface area contributed by atoms with Crippen molar-refractivity contribution in [3.63, 3.8) is 0 Å². The Labute approximate surface area is 350 Å². The highest BCUT2D eigenvalue weighted by Crippen LogP contribution is 2.60. The molecule has 2 amide bonds. The Hall–Kier alpha value is -6.08. The number of hydrogen-bond acceptors (Lipinski definition) is 8. The van der Waals surface area contributed by atoms with Crippen molar-refractivity contribution in [3.8, 4) is 17.2 Å². The van der Waals surface area contributed by atoms with E-state index in [1.54, 1.807) is 36.3 Å². The molecule has 1 fully saturated rings. The molecule has 1 N–H and O–H groups in total. The number of nitrogens with zero attached hydrogens (tertiary/aromatic N) is 4. The molecule has 0 saturated carbocycles. The number of aliphatic hydroxyl groups is 1. The summed E-state index contributed by atoms with van der Waals surface area (Å²) in [7, 11) is 0.665. The smallest absolute Gasteiger partial charge is 0.279 e. The lowest BCUT2D eigenvalue weighted by molar-refractivity contribution is -0.150. The van der Waals surface area contributed by atoms with Crippen molar-refractivity contribution in [2.24, 2.45) is 5.92 Å². The molecule has 6 aromatic rings. The van der Waals surface area contributed by atoms with Gasteiger partial charge in [0, 0.05) is 30.0 Å². The van der Waals surface area contributed by atoms with Crippen molar-refractivity contribution in [2.75, 3.05) is 32.3 Å². The second-order valence-electron chi connectivity index (χ2n) is 16.3. The van der Waals surface area contributed by atoms with Gasteiger partial charge in [-0.3, -0.25) is 14.4 Å². The van der Waals surface area contributed by atoms with Crippen LogP contribution in [0.3, 0.4) is 0 Å². The minimum absolute atomic E-state index is 0.0261. The quantitative estimate of drug-likeness (QED) is 0.130. The number of aliphatic hydroxyl groups excluding tert-OH is 1. The van der Waals surface area contributed by atoms with E-state index < -0.39 is 19.8 Å². The summed E-state index contributed by atoms with van der Waals surface area (Å²) < 4.78 is 19.9. The van der Waals surface area contributed by atoms with E-state index in [4.69, 9.17) is 14.2 Å². The molecule has 60 heavy (non-hydrogen) atoms. The van der Waals surface area contributed by atoms with Crippen LogP contribution < -0.4 is 25.1 Å². The number of rotatable bonds is 13. The minimum Gasteiger partial charge on any atom is -0.497 e. The van der Waals surface area contributed by atoms with Crippen LogP contribution in [-0.2, 0) is 33.0 Å². The molecule has 308 valence electrons. The SMILES string of the molecule is COc1ccc([Si](C)(C)[C@@H]2[C@@H](CC(=O)N(CCO)Cc3ccccc3)O[C@]3(C(=O)N(Cc4cccc(-n5ncc6ccccc6c5=O)c4)c4ccc(OC)cc43)[C@H]2C)cc1. The van der Waals surface area contributed by atoms with Gasteiger partial charge in [0.2, 0.25) is 5.91 Å². The minimum atomic E-state index is -2.58. The number of anilines is 1. The van der Waals surface area contributed by atoms with Gasteiger partial charge >= 0.3 is 0 Å². The number of amides is 2. The Morgan fingerprint density at radius 1 is 0.867 bits per heavy atom. The Morgan fingerprint density at radius 2 is 1.57 bits per heavy atom. The third kappa shape index (κ3) is 7.18. The number of carbonyl (C=O) groups excluding carboxylic acids is 2. The highest BCUT2D eigenvalue weighted by Gasteiger charge is 2.66. The molecule has 0 aliphatic carbocycles. The van der Waals surface area contributed by atoms with Crippen molar-refractivity contribution < 1.29 is 28.9 Å². The first-order valence-electron chi connectivity index (χ1n) is 20.3. The number of fused-ring (bicyclic) bond motifs is 3. The van der Waals surface area contributed by atoms with Crippen LogP contribution in [0.15, 0.2) is 132 Å². The number of hydrogen-bond donors (Lipinski definition) is 1. The maximum atomic E-state index is 15.5. The van der Waals surface area contributed by atoms with Gasteiger partial charge < -0.3 is 29.1 Å². The summed E-state index contributed by atoms with van der Waals surface area (Å²) in [6, 6.07) is 38.3. The molecule has 0 bridgehead atoms. The fraction of sp³-hybridized carbons (Fsp3) is 0.292. The van der Waals surface area contributed by atoms with Crippen LogP contribution >= 0.6 is 0 Å². The van der Waals surface area contributed by atoms with Gasteiger partial charge in [0.1, 0.15) is 11.5 Å². The normalized spacial score (nSPS) is 19.8. The Bertz CT molecular complexity index is 2600. The van der Waals surface area contributed by atoms with E-state index in [-0.39, 0.29) is 54.9 Å². The molecule has 1 saturated heterocycles. The van der Waals surface area contributed by atoms with Gasteiger partial charge in [-0.25, -0.2) is 0 Å². The van der Waals surface area contributed by atoms with Crippen LogP contribution in [0.5, 0.6) is 11.5 Å². The van der Waals surface area contributed by atoms with Gasteiger partial charge in [0.25, 0.3) is 11.5 Å². The van der Waals surface area contributed by atoms with Crippen molar-refractivity contribution in [2.45, 2.75) is 56.8 Å². The lowest BCUT2D eigenvalue weighted by atomic mass is 9.82. The van der Waals surface area contributed by atoms with E-state index >= 15 is 4.79 Å². The lowest BCUT2D eigenvalue weighted by Gasteiger charge is -2.37. The molecular weight excluding hydrogens is 773 g/mol. The van der Waals surface area contributed by atoms with Crippen LogP contribution in [0, 0.1) is 5.92 Å². The van der Waals surface area contributed by atoms with Crippen molar-refractivity contribution in [3.05, 3.63) is 155 Å². The fourth-order valence-corrected chi connectivity index (χ4v) is 13.5. The first kappa shape index (κ1) is 40.7. The van der Waals surface area contributed by atoms with Crippen LogP contribution in [0.1, 0.15) is 30.0 Å². The monoisotopic (exact) mass is 822 g/mol. The predicted octanol–water partition coefficient (Wildman–Crippen LogP) is 6.58. The lowest BCUT2D eigenvalue weighted by Crippen LogP contribution is -2.52. The summed E-state index contributed by atoms with van der Waals surface area (Å²) in [6.45, 7) is 7.16. The van der Waals surface area contributed by atoms with Gasteiger partial charge in [-0.15, -0.1) is 0 Å². The van der Waals surface area contributed by atoms with Crippen molar-refractivity contribution in [1.29, 1.82) is 0 Å². The van der Waals surface area contributed by atoms with Crippen molar-refractivity contribution >= 4 is 41.5 Å². The zero-order chi connectivity index (χ0) is 42.2. The van der Waals surface area contributed by atoms with Crippen LogP contribution in [0.25, 0.3) is 16.5 Å². The molecule has 1 aromatic heterocycles. The van der Waals surface area contributed by atoms with Gasteiger partial charge in [-0.2, -0.15) is 9.78 Å². The molecule has 12 heteroatoms. The Balaban J connectivity index is 1.19. The van der Waals surface area contributed by atoms with E-state index in [0.29, 0.717) is 34.6 Å². The van der Waals surface area contributed by atoms with E-state index in [1.165, 1.54) is 4.68 Å². The highest BCUT2D eigenvalue weighted by molar-refractivity contribution is 6.91. The third-order valence-corrected chi connectivity index (χ3v) is 16.9. The predicted molar refractivity (Wildman–Crippen MR) is 235 cm³/mol. The van der Waals surface area contributed by atoms with Crippen LogP contribution in [0.4, 0.5) is 5.69 Å². The van der Waals surface area contributed by atoms with Crippen LogP contribution in [0.2, 0.25) is 18.6 Å². The summed E-state index contributed by atoms with van der Waals surface area (Å²) in [5.41, 5.74) is 1.85. The molecular formula is C48H50N4O7Si. The highest BCUT2D eigenvalue weighted by atomic mass is 28.3. The largest absolute Gasteiger partial charge is 0.497 e. The summed E-state index contributed by atoms with van der Waals surface area (Å²) >= 11 is 0. The second kappa shape index (κ2) is 16.5. The molecule has 8 rings (SSSR count). The zero-order valence-electron chi connectivity index (χ0n) is 34.6. The molecule has 5 aromatic carbocycles. The van der Waals surface area contributed by atoms with E-state index in [2.05, 4.69) is 37.2 Å². The first-order valence-corrected chi connectivity index (χ1v) is 23.4. The summed E-state index contributed by atoms with van der Waals surface area (Å²) in [5.74, 6) is 0.586. The number of ether oxygens (including phenoxy) is 3. The number of methoxy groups -OCH3 is 2. The van der Waals surface area contributed by atoms with E-state index in [0.717, 1.165) is 27.4 Å². The van der Waals surface area contributed by atoms with E-state index in [9.17, 15) is 14.7 Å². The summed E-state index contributed by atoms with van der Waals surface area (Å²) in [5, 5.41) is 17.0. The Kier molecular flexibility index (Phi) is 11.2. The standard InChI is InChI=1S/C48H50N4O7Si/c1-32-45(60(4,5)39-21-18-37(57-2)19-22-39)43(28-44(54)50(24-25-53)30-33-12-7-6-8-13-33)59-48(32)41-27-38(58-3)20-23-42(41)51(47(48)56)31-34-14-11-16-36(26-34)52-46(55)40-17-10-9-15-35(40)29-49-52/h6-23,26-27,29,32,43,45,53H,24-25,28,30-31H2,1-5H3/t32-,43+,45-,48+/m0/s1. The average Bonchev–Trinajstić information content (AvgIpc) is 3.69. The average molecular weight is 823 g/mol. The third-order valence-electron chi connectivity index (χ3n) is 12.5. The van der Waals surface area contributed by atoms with Gasteiger partial charge in [-0.05, 0) is 65.2 Å². The molecule has 11 nitrogen and oxygen atoms in total. The number of benzene rings is 5. The number of carbonyl (C=O) groups is 2. The molecule has 0 radical (unpaired) electrons. The van der Waals surface area contributed by atoms with Gasteiger partial charge in [0.05, 0.1) is 70.9 Å². The molecule has 2 aliphatic heterocycles. The van der Waals surface area contributed by atoms with Crippen LogP contribution in [-0.4, -0.2) is 73.2 Å². The van der Waals surface area contributed by atoms with Gasteiger partial charge in [-0.1, -0.05) is 98.0 Å². The number of aromatic nitrogens is 2. The van der Waals surface area contributed by atoms with E-state index in [1.807, 2.05) is 103 Å². The topological polar surface area (TPSA) is 123 Å².